The van der Waals surface area contributed by atoms with Crippen LogP contribution in [0.5, 0.6) is 0 Å². The van der Waals surface area contributed by atoms with Crippen molar-refractivity contribution in [3.05, 3.63) is 54.5 Å². The van der Waals surface area contributed by atoms with Gasteiger partial charge >= 0.3 is 5.97 Å². The first kappa shape index (κ1) is 10.2. The Morgan fingerprint density at radius 1 is 1.31 bits per heavy atom. The molecule has 0 atom stereocenters. The van der Waals surface area contributed by atoms with Crippen LogP contribution in [0, 0.1) is 0 Å². The van der Waals surface area contributed by atoms with E-state index in [9.17, 15) is 4.79 Å². The van der Waals surface area contributed by atoms with E-state index in [4.69, 9.17) is 9.52 Å². The van der Waals surface area contributed by atoms with Crippen molar-refractivity contribution in [2.75, 3.05) is 0 Å². The fourth-order valence-corrected chi connectivity index (χ4v) is 1.58. The minimum atomic E-state index is -1.09. The Labute approximate surface area is 92.6 Å². The van der Waals surface area contributed by atoms with Crippen LogP contribution in [0.3, 0.4) is 0 Å². The molecule has 0 radical (unpaired) electrons. The van der Waals surface area contributed by atoms with Crippen LogP contribution >= 0.6 is 0 Å². The Kier molecular flexibility index (Phi) is 2.60. The number of carboxylic acids is 1. The van der Waals surface area contributed by atoms with Gasteiger partial charge in [-0.05, 0) is 5.56 Å². The molecule has 0 bridgehead atoms. The summed E-state index contributed by atoms with van der Waals surface area (Å²) in [5.41, 5.74) is 2.17. The summed E-state index contributed by atoms with van der Waals surface area (Å²) in [5, 5.41) is 8.92. The minimum absolute atomic E-state index is 0.0751. The van der Waals surface area contributed by atoms with E-state index in [1.54, 1.807) is 0 Å². The molecule has 3 nitrogen and oxygen atoms in total. The van der Waals surface area contributed by atoms with Gasteiger partial charge in [-0.1, -0.05) is 43.0 Å². The number of hydrogen-bond donors (Lipinski definition) is 1. The molecular weight excluding hydrogens is 204 g/mol. The molecule has 1 aromatic heterocycles. The molecule has 1 heterocycles. The summed E-state index contributed by atoms with van der Waals surface area (Å²) < 4.78 is 5.03. The molecule has 0 aliphatic heterocycles. The van der Waals surface area contributed by atoms with Gasteiger partial charge in [0.1, 0.15) is 6.26 Å². The van der Waals surface area contributed by atoms with Gasteiger partial charge in [0.25, 0.3) is 0 Å². The summed E-state index contributed by atoms with van der Waals surface area (Å²) in [7, 11) is 0. The third-order valence-corrected chi connectivity index (χ3v) is 2.31. The molecule has 0 fully saturated rings. The normalized spacial score (nSPS) is 10.0. The maximum absolute atomic E-state index is 10.9. The van der Waals surface area contributed by atoms with Crippen molar-refractivity contribution >= 4 is 12.0 Å². The van der Waals surface area contributed by atoms with Crippen molar-refractivity contribution < 1.29 is 14.3 Å². The van der Waals surface area contributed by atoms with Crippen LogP contribution in [0.4, 0.5) is 0 Å². The molecule has 0 amide bonds. The Balaban J connectivity index is 2.59. The van der Waals surface area contributed by atoms with E-state index in [0.717, 1.165) is 11.1 Å². The summed E-state index contributed by atoms with van der Waals surface area (Å²) in [6.45, 7) is 3.61. The van der Waals surface area contributed by atoms with Gasteiger partial charge in [0.05, 0.1) is 0 Å². The highest BCUT2D eigenvalue weighted by molar-refractivity contribution is 5.93. The first-order valence-corrected chi connectivity index (χ1v) is 4.76. The molecule has 0 saturated heterocycles. The highest BCUT2D eigenvalue weighted by Crippen LogP contribution is 2.28. The Bertz CT molecular complexity index is 523. The molecule has 2 rings (SSSR count). The lowest BCUT2D eigenvalue weighted by Gasteiger charge is -1.98. The molecule has 0 unspecified atom stereocenters. The molecule has 0 aliphatic carbocycles. The molecule has 0 spiro atoms. The van der Waals surface area contributed by atoms with Crippen LogP contribution in [0.15, 0.2) is 47.6 Å². The minimum Gasteiger partial charge on any atom is -0.475 e. The van der Waals surface area contributed by atoms with Crippen LogP contribution in [0.2, 0.25) is 0 Å². The zero-order valence-corrected chi connectivity index (χ0v) is 8.51. The summed E-state index contributed by atoms with van der Waals surface area (Å²) >= 11 is 0. The fraction of sp³-hybridized carbons (Fsp3) is 0. The zero-order chi connectivity index (χ0) is 11.5. The van der Waals surface area contributed by atoms with Crippen molar-refractivity contribution in [1.82, 2.24) is 0 Å². The standard InChI is InChI=1S/C13H10O3/c1-2-10-11(8-16-12(10)13(14)15)9-6-4-3-5-7-9/h2-8H,1H2,(H,14,15). The molecule has 0 saturated carbocycles. The van der Waals surface area contributed by atoms with Gasteiger partial charge in [0.2, 0.25) is 5.76 Å². The summed E-state index contributed by atoms with van der Waals surface area (Å²) in [6, 6.07) is 9.45. The van der Waals surface area contributed by atoms with Gasteiger partial charge in [-0.25, -0.2) is 4.79 Å². The second kappa shape index (κ2) is 4.06. The topological polar surface area (TPSA) is 50.4 Å². The first-order valence-electron chi connectivity index (χ1n) is 4.76. The smallest absolute Gasteiger partial charge is 0.372 e. The molecule has 0 aliphatic rings. The second-order valence-corrected chi connectivity index (χ2v) is 3.27. The summed E-state index contributed by atoms with van der Waals surface area (Å²) in [5.74, 6) is -1.16. The third kappa shape index (κ3) is 1.63. The quantitative estimate of drug-likeness (QED) is 0.852. The van der Waals surface area contributed by atoms with Gasteiger partial charge < -0.3 is 9.52 Å². The van der Waals surface area contributed by atoms with E-state index in [-0.39, 0.29) is 5.76 Å². The fourth-order valence-electron chi connectivity index (χ4n) is 1.58. The van der Waals surface area contributed by atoms with E-state index in [1.165, 1.54) is 12.3 Å². The first-order chi connectivity index (χ1) is 7.74. The van der Waals surface area contributed by atoms with E-state index >= 15 is 0 Å². The van der Waals surface area contributed by atoms with Gasteiger partial charge in [-0.3, -0.25) is 0 Å². The van der Waals surface area contributed by atoms with Crippen molar-refractivity contribution in [1.29, 1.82) is 0 Å². The van der Waals surface area contributed by atoms with Gasteiger partial charge in [0.15, 0.2) is 0 Å². The molecule has 3 heteroatoms. The number of carbonyl (C=O) groups is 1. The molecule has 80 valence electrons. The molecule has 16 heavy (non-hydrogen) atoms. The summed E-state index contributed by atoms with van der Waals surface area (Å²) in [6.07, 6.45) is 2.94. The lowest BCUT2D eigenvalue weighted by Crippen LogP contribution is -1.95. The SMILES string of the molecule is C=Cc1c(-c2ccccc2)coc1C(=O)O. The number of carboxylic acid groups (broad SMARTS) is 1. The van der Waals surface area contributed by atoms with E-state index in [1.807, 2.05) is 30.3 Å². The van der Waals surface area contributed by atoms with E-state index < -0.39 is 5.97 Å². The number of hydrogen-bond acceptors (Lipinski definition) is 2. The largest absolute Gasteiger partial charge is 0.475 e. The van der Waals surface area contributed by atoms with Crippen molar-refractivity contribution in [2.45, 2.75) is 0 Å². The second-order valence-electron chi connectivity index (χ2n) is 3.27. The lowest BCUT2D eigenvalue weighted by atomic mass is 10.0. The predicted octanol–water partition coefficient (Wildman–Crippen LogP) is 3.29. The number of benzene rings is 1. The van der Waals surface area contributed by atoms with Crippen LogP contribution in [0.25, 0.3) is 17.2 Å². The monoisotopic (exact) mass is 214 g/mol. The van der Waals surface area contributed by atoms with Crippen molar-refractivity contribution in [3.63, 3.8) is 0 Å². The van der Waals surface area contributed by atoms with Gasteiger partial charge in [0, 0.05) is 11.1 Å². The van der Waals surface area contributed by atoms with Crippen molar-refractivity contribution in [2.24, 2.45) is 0 Å². The number of furan rings is 1. The predicted molar refractivity (Wildman–Crippen MR) is 61.2 cm³/mol. The third-order valence-electron chi connectivity index (χ3n) is 2.31. The highest BCUT2D eigenvalue weighted by atomic mass is 16.4. The molecule has 2 aromatic rings. The van der Waals surface area contributed by atoms with Crippen molar-refractivity contribution in [3.8, 4) is 11.1 Å². The maximum Gasteiger partial charge on any atom is 0.372 e. The van der Waals surface area contributed by atoms with Crippen LogP contribution in [-0.4, -0.2) is 11.1 Å². The lowest BCUT2D eigenvalue weighted by molar-refractivity contribution is 0.0662. The molecule has 1 N–H and O–H groups in total. The number of rotatable bonds is 3. The molecular formula is C13H10O3. The maximum atomic E-state index is 10.9. The van der Waals surface area contributed by atoms with Gasteiger partial charge in [-0.2, -0.15) is 0 Å². The highest BCUT2D eigenvalue weighted by Gasteiger charge is 2.17. The average molecular weight is 214 g/mol. The molecule has 1 aromatic carbocycles. The zero-order valence-electron chi connectivity index (χ0n) is 8.51. The van der Waals surface area contributed by atoms with E-state index in [0.29, 0.717) is 5.56 Å². The Morgan fingerprint density at radius 3 is 2.56 bits per heavy atom. The van der Waals surface area contributed by atoms with E-state index in [2.05, 4.69) is 6.58 Å². The Morgan fingerprint density at radius 2 is 2.00 bits per heavy atom. The Hall–Kier alpha value is -2.29. The van der Waals surface area contributed by atoms with Crippen LogP contribution in [-0.2, 0) is 0 Å². The van der Waals surface area contributed by atoms with Crippen LogP contribution < -0.4 is 0 Å². The summed E-state index contributed by atoms with van der Waals surface area (Å²) in [4.78, 5) is 10.9. The average Bonchev–Trinajstić information content (AvgIpc) is 2.73. The number of aromatic carboxylic acids is 1. The van der Waals surface area contributed by atoms with Gasteiger partial charge in [-0.15, -0.1) is 0 Å². The van der Waals surface area contributed by atoms with Crippen LogP contribution in [0.1, 0.15) is 16.1 Å².